The summed E-state index contributed by atoms with van der Waals surface area (Å²) in [5.74, 6) is 1.52. The van der Waals surface area contributed by atoms with E-state index in [0.29, 0.717) is 57.2 Å². The maximum Gasteiger partial charge on any atom is 0.223 e. The molecule has 0 aliphatic carbocycles. The minimum Gasteiger partial charge on any atom is -0.441 e. The molecule has 1 saturated heterocycles. The molecule has 2 heterocycles. The van der Waals surface area contributed by atoms with Gasteiger partial charge in [0.05, 0.1) is 11.9 Å². The number of hydrogen-bond acceptors (Lipinski definition) is 6. The number of benzene rings is 1. The third-order valence-corrected chi connectivity index (χ3v) is 5.87. The van der Waals surface area contributed by atoms with Crippen LogP contribution in [0.4, 0.5) is 0 Å². The summed E-state index contributed by atoms with van der Waals surface area (Å²) >= 11 is 0. The van der Waals surface area contributed by atoms with E-state index in [4.69, 9.17) is 4.42 Å². The molecule has 1 fully saturated rings. The van der Waals surface area contributed by atoms with Crippen molar-refractivity contribution in [1.82, 2.24) is 14.8 Å². The molecule has 1 aromatic heterocycles. The first kappa shape index (κ1) is 20.5. The molecule has 1 amide bonds. The Morgan fingerprint density at radius 2 is 1.82 bits per heavy atom. The van der Waals surface area contributed by atoms with Gasteiger partial charge in [-0.2, -0.15) is 0 Å². The molecule has 0 N–H and O–H groups in total. The van der Waals surface area contributed by atoms with Crippen LogP contribution in [0.25, 0.3) is 11.3 Å². The zero-order chi connectivity index (χ0) is 20.1. The molecule has 0 spiro atoms. The van der Waals surface area contributed by atoms with Crippen LogP contribution in [0.3, 0.4) is 0 Å². The van der Waals surface area contributed by atoms with Gasteiger partial charge < -0.3 is 9.32 Å². The van der Waals surface area contributed by atoms with Gasteiger partial charge >= 0.3 is 0 Å². The van der Waals surface area contributed by atoms with Gasteiger partial charge in [-0.15, -0.1) is 0 Å². The van der Waals surface area contributed by atoms with Gasteiger partial charge in [-0.3, -0.25) is 9.69 Å². The summed E-state index contributed by atoms with van der Waals surface area (Å²) in [6.07, 6.45) is 3.78. The zero-order valence-electron chi connectivity index (χ0n) is 16.4. The second-order valence-corrected chi connectivity index (χ2v) is 9.60. The average molecular weight is 406 g/mol. The summed E-state index contributed by atoms with van der Waals surface area (Å²) in [6.45, 7) is 5.23. The molecule has 8 heteroatoms. The minimum absolute atomic E-state index is 0.0813. The zero-order valence-corrected chi connectivity index (χ0v) is 17.2. The molecule has 1 aliphatic rings. The third-order valence-electron chi connectivity index (χ3n) is 4.95. The molecule has 7 nitrogen and oxygen atoms in total. The Morgan fingerprint density at radius 1 is 1.14 bits per heavy atom. The Morgan fingerprint density at radius 3 is 2.46 bits per heavy atom. The van der Waals surface area contributed by atoms with E-state index in [-0.39, 0.29) is 11.7 Å². The Labute approximate surface area is 166 Å². The normalized spacial score (nSPS) is 15.7. The van der Waals surface area contributed by atoms with E-state index in [9.17, 15) is 13.2 Å². The van der Waals surface area contributed by atoms with E-state index in [2.05, 4.69) is 9.88 Å². The minimum atomic E-state index is -2.95. The Balaban J connectivity index is 1.44. The maximum absolute atomic E-state index is 12.5. The molecule has 0 atom stereocenters. The SMILES string of the molecule is Cc1ccc(-c2cnc(CCC(=O)N3CCN(CCS(C)(=O)=O)CC3)o2)cc1. The highest BCUT2D eigenvalue weighted by Crippen LogP contribution is 2.21. The molecule has 0 bridgehead atoms. The number of rotatable bonds is 7. The molecule has 2 aromatic rings. The molecule has 3 rings (SSSR count). The van der Waals surface area contributed by atoms with E-state index in [1.165, 1.54) is 11.8 Å². The highest BCUT2D eigenvalue weighted by atomic mass is 32.2. The Kier molecular flexibility index (Phi) is 6.51. The summed E-state index contributed by atoms with van der Waals surface area (Å²) in [5.41, 5.74) is 2.16. The fraction of sp³-hybridized carbons (Fsp3) is 0.500. The number of carbonyl (C=O) groups is 1. The molecule has 152 valence electrons. The van der Waals surface area contributed by atoms with Crippen molar-refractivity contribution in [2.75, 3.05) is 44.7 Å². The van der Waals surface area contributed by atoms with Crippen molar-refractivity contribution in [3.05, 3.63) is 41.9 Å². The Hall–Kier alpha value is -2.19. The van der Waals surface area contributed by atoms with Crippen LogP contribution in [0, 0.1) is 6.92 Å². The van der Waals surface area contributed by atoms with E-state index in [1.807, 2.05) is 36.1 Å². The lowest BCUT2D eigenvalue weighted by Gasteiger charge is -2.34. The van der Waals surface area contributed by atoms with Crippen LogP contribution >= 0.6 is 0 Å². The number of piperazine rings is 1. The second-order valence-electron chi connectivity index (χ2n) is 7.34. The molecular formula is C20H27N3O4S. The standard InChI is InChI=1S/C20H27N3O4S/c1-16-3-5-17(6-4-16)18-15-21-19(27-18)7-8-20(24)23-11-9-22(10-12-23)13-14-28(2,25)26/h3-6,15H,7-14H2,1-2H3. The van der Waals surface area contributed by atoms with Gasteiger partial charge in [-0.25, -0.2) is 13.4 Å². The third kappa shape index (κ3) is 5.90. The number of aryl methyl sites for hydroxylation is 2. The summed E-state index contributed by atoms with van der Waals surface area (Å²) in [6, 6.07) is 8.04. The average Bonchev–Trinajstić information content (AvgIpc) is 3.14. The van der Waals surface area contributed by atoms with Gasteiger partial charge in [0.15, 0.2) is 11.7 Å². The second kappa shape index (κ2) is 8.87. The van der Waals surface area contributed by atoms with E-state index >= 15 is 0 Å². The van der Waals surface area contributed by atoms with E-state index < -0.39 is 9.84 Å². The fourth-order valence-corrected chi connectivity index (χ4v) is 3.75. The topological polar surface area (TPSA) is 83.7 Å². The molecule has 0 radical (unpaired) electrons. The number of carbonyl (C=O) groups excluding carboxylic acids is 1. The predicted molar refractivity (Wildman–Crippen MR) is 108 cm³/mol. The van der Waals surface area contributed by atoms with Gasteiger partial charge in [0.25, 0.3) is 0 Å². The quantitative estimate of drug-likeness (QED) is 0.698. The van der Waals surface area contributed by atoms with Gasteiger partial charge in [0.1, 0.15) is 9.84 Å². The van der Waals surface area contributed by atoms with Crippen LogP contribution in [0.2, 0.25) is 0 Å². The van der Waals surface area contributed by atoms with Crippen molar-refractivity contribution < 1.29 is 17.6 Å². The molecular weight excluding hydrogens is 378 g/mol. The number of aromatic nitrogens is 1. The van der Waals surface area contributed by atoms with Crippen LogP contribution in [-0.2, 0) is 21.1 Å². The van der Waals surface area contributed by atoms with E-state index in [1.54, 1.807) is 6.20 Å². The van der Waals surface area contributed by atoms with Crippen molar-refractivity contribution in [3.8, 4) is 11.3 Å². The van der Waals surface area contributed by atoms with Crippen LogP contribution in [0.1, 0.15) is 17.9 Å². The van der Waals surface area contributed by atoms with Gasteiger partial charge in [-0.05, 0) is 6.92 Å². The molecule has 0 unspecified atom stereocenters. The van der Waals surface area contributed by atoms with Crippen molar-refractivity contribution >= 4 is 15.7 Å². The Bertz CT molecular complexity index is 898. The van der Waals surface area contributed by atoms with Crippen LogP contribution < -0.4 is 0 Å². The van der Waals surface area contributed by atoms with Crippen molar-refractivity contribution in [1.29, 1.82) is 0 Å². The first-order chi connectivity index (χ1) is 13.3. The fourth-order valence-electron chi connectivity index (χ4n) is 3.16. The van der Waals surface area contributed by atoms with E-state index in [0.717, 1.165) is 5.56 Å². The van der Waals surface area contributed by atoms with Gasteiger partial charge in [-0.1, -0.05) is 29.8 Å². The molecule has 28 heavy (non-hydrogen) atoms. The largest absolute Gasteiger partial charge is 0.441 e. The maximum atomic E-state index is 12.5. The summed E-state index contributed by atoms with van der Waals surface area (Å²) < 4.78 is 28.3. The monoisotopic (exact) mass is 405 g/mol. The lowest BCUT2D eigenvalue weighted by molar-refractivity contribution is -0.132. The number of nitrogens with zero attached hydrogens (tertiary/aromatic N) is 3. The lowest BCUT2D eigenvalue weighted by atomic mass is 10.1. The number of amides is 1. The smallest absolute Gasteiger partial charge is 0.223 e. The van der Waals surface area contributed by atoms with Crippen molar-refractivity contribution in [2.45, 2.75) is 19.8 Å². The highest BCUT2D eigenvalue weighted by molar-refractivity contribution is 7.90. The molecule has 1 aliphatic heterocycles. The summed E-state index contributed by atoms with van der Waals surface area (Å²) in [4.78, 5) is 20.7. The summed E-state index contributed by atoms with van der Waals surface area (Å²) in [5, 5.41) is 0. The summed E-state index contributed by atoms with van der Waals surface area (Å²) in [7, 11) is -2.95. The van der Waals surface area contributed by atoms with Crippen LogP contribution in [0.5, 0.6) is 0 Å². The van der Waals surface area contributed by atoms with Crippen LogP contribution in [0.15, 0.2) is 34.9 Å². The first-order valence-corrected chi connectivity index (χ1v) is 11.6. The predicted octanol–water partition coefficient (Wildman–Crippen LogP) is 1.77. The molecule has 1 aromatic carbocycles. The van der Waals surface area contributed by atoms with Crippen molar-refractivity contribution in [2.24, 2.45) is 0 Å². The lowest BCUT2D eigenvalue weighted by Crippen LogP contribution is -2.49. The highest BCUT2D eigenvalue weighted by Gasteiger charge is 2.22. The number of oxazole rings is 1. The number of sulfone groups is 1. The van der Waals surface area contributed by atoms with Crippen molar-refractivity contribution in [3.63, 3.8) is 0 Å². The van der Waals surface area contributed by atoms with Gasteiger partial charge in [0, 0.05) is 57.4 Å². The molecule has 0 saturated carbocycles. The van der Waals surface area contributed by atoms with Gasteiger partial charge in [0.2, 0.25) is 5.91 Å². The number of hydrogen-bond donors (Lipinski definition) is 0. The van der Waals surface area contributed by atoms with Crippen LogP contribution in [-0.4, -0.2) is 73.8 Å². The first-order valence-electron chi connectivity index (χ1n) is 9.50.